The van der Waals surface area contributed by atoms with Gasteiger partial charge in [0.15, 0.2) is 0 Å². The van der Waals surface area contributed by atoms with Crippen LogP contribution in [-0.2, 0) is 18.9 Å². The number of carbonyl (C=O) groups is 1. The molecule has 1 aromatic heterocycles. The molecule has 1 N–H and O–H groups in total. The SMILES string of the molecule is Cn1cc(/C=C/C(=O)Nc2cccc(Br)c2)c(=O)n(C)c1=O. The number of rotatable bonds is 3. The molecule has 6 nitrogen and oxygen atoms in total. The van der Waals surface area contributed by atoms with Gasteiger partial charge in [-0.05, 0) is 24.3 Å². The minimum Gasteiger partial charge on any atom is -0.322 e. The first kappa shape index (κ1) is 16.0. The Morgan fingerprint density at radius 3 is 2.68 bits per heavy atom. The average molecular weight is 364 g/mol. The van der Waals surface area contributed by atoms with Gasteiger partial charge in [-0.3, -0.25) is 14.2 Å². The van der Waals surface area contributed by atoms with Crippen LogP contribution in [0.25, 0.3) is 6.08 Å². The first-order chi connectivity index (χ1) is 10.4. The van der Waals surface area contributed by atoms with Crippen molar-refractivity contribution in [1.82, 2.24) is 9.13 Å². The largest absolute Gasteiger partial charge is 0.330 e. The van der Waals surface area contributed by atoms with Crippen molar-refractivity contribution < 1.29 is 4.79 Å². The van der Waals surface area contributed by atoms with Crippen LogP contribution in [0.2, 0.25) is 0 Å². The molecule has 0 aliphatic heterocycles. The number of nitrogens with one attached hydrogen (secondary N) is 1. The molecule has 1 heterocycles. The zero-order valence-corrected chi connectivity index (χ0v) is 13.6. The second-order valence-corrected chi connectivity index (χ2v) is 5.59. The second kappa shape index (κ2) is 6.57. The molecule has 0 aliphatic carbocycles. The van der Waals surface area contributed by atoms with Crippen molar-refractivity contribution in [3.8, 4) is 0 Å². The predicted molar refractivity (Wildman–Crippen MR) is 88.7 cm³/mol. The molecule has 0 spiro atoms. The molecule has 2 rings (SSSR count). The molecule has 114 valence electrons. The third-order valence-corrected chi connectivity index (χ3v) is 3.47. The van der Waals surface area contributed by atoms with Crippen LogP contribution in [0, 0.1) is 0 Å². The summed E-state index contributed by atoms with van der Waals surface area (Å²) in [4.78, 5) is 35.3. The zero-order chi connectivity index (χ0) is 16.3. The van der Waals surface area contributed by atoms with Crippen LogP contribution in [0.4, 0.5) is 5.69 Å². The Bertz CT molecular complexity index is 865. The Hall–Kier alpha value is -2.41. The number of aryl methyl sites for hydroxylation is 1. The van der Waals surface area contributed by atoms with Crippen molar-refractivity contribution in [2.75, 3.05) is 5.32 Å². The highest BCUT2D eigenvalue weighted by Gasteiger charge is 2.05. The van der Waals surface area contributed by atoms with E-state index in [-0.39, 0.29) is 11.5 Å². The molecule has 2 aromatic rings. The summed E-state index contributed by atoms with van der Waals surface area (Å²) < 4.78 is 3.13. The third kappa shape index (κ3) is 3.62. The standard InChI is InChI=1S/C15H14BrN3O3/c1-18-9-10(14(21)19(2)15(18)22)6-7-13(20)17-12-5-3-4-11(16)8-12/h3-9H,1-2H3,(H,17,20)/b7-6+. The summed E-state index contributed by atoms with van der Waals surface area (Å²) in [6, 6.07) is 7.16. The van der Waals surface area contributed by atoms with Gasteiger partial charge in [-0.1, -0.05) is 22.0 Å². The summed E-state index contributed by atoms with van der Waals surface area (Å²) in [5.41, 5.74) is 0.0294. The molecule has 0 saturated carbocycles. The third-order valence-electron chi connectivity index (χ3n) is 2.98. The van der Waals surface area contributed by atoms with E-state index in [0.717, 1.165) is 9.04 Å². The van der Waals surface area contributed by atoms with E-state index in [9.17, 15) is 14.4 Å². The highest BCUT2D eigenvalue weighted by Crippen LogP contribution is 2.15. The molecular weight excluding hydrogens is 350 g/mol. The van der Waals surface area contributed by atoms with Gasteiger partial charge in [-0.25, -0.2) is 4.79 Å². The molecule has 22 heavy (non-hydrogen) atoms. The van der Waals surface area contributed by atoms with Crippen molar-refractivity contribution in [2.45, 2.75) is 0 Å². The maximum Gasteiger partial charge on any atom is 0.330 e. The number of hydrogen-bond donors (Lipinski definition) is 1. The topological polar surface area (TPSA) is 73.1 Å². The number of aromatic nitrogens is 2. The summed E-state index contributed by atoms with van der Waals surface area (Å²) in [7, 11) is 2.93. The Balaban J connectivity index is 2.20. The van der Waals surface area contributed by atoms with Gasteiger partial charge in [0.05, 0.1) is 5.56 Å². The van der Waals surface area contributed by atoms with E-state index in [2.05, 4.69) is 21.2 Å². The second-order valence-electron chi connectivity index (χ2n) is 4.68. The van der Waals surface area contributed by atoms with Gasteiger partial charge in [0.2, 0.25) is 5.91 Å². The van der Waals surface area contributed by atoms with Crippen molar-refractivity contribution in [1.29, 1.82) is 0 Å². The highest BCUT2D eigenvalue weighted by atomic mass is 79.9. The van der Waals surface area contributed by atoms with Crippen LogP contribution in [-0.4, -0.2) is 15.0 Å². The quantitative estimate of drug-likeness (QED) is 0.839. The molecule has 0 unspecified atom stereocenters. The molecule has 1 aromatic carbocycles. The van der Waals surface area contributed by atoms with Gasteiger partial charge in [0, 0.05) is 36.5 Å². The van der Waals surface area contributed by atoms with Crippen LogP contribution >= 0.6 is 15.9 Å². The van der Waals surface area contributed by atoms with E-state index < -0.39 is 11.2 Å². The Morgan fingerprint density at radius 1 is 1.27 bits per heavy atom. The highest BCUT2D eigenvalue weighted by molar-refractivity contribution is 9.10. The van der Waals surface area contributed by atoms with Crippen molar-refractivity contribution in [3.05, 3.63) is 67.4 Å². The molecule has 0 saturated heterocycles. The maximum atomic E-state index is 11.9. The molecule has 0 aliphatic rings. The molecule has 0 fully saturated rings. The molecule has 0 bridgehead atoms. The minimum atomic E-state index is -0.449. The number of halogens is 1. The van der Waals surface area contributed by atoms with Crippen LogP contribution in [0.15, 0.2) is 50.6 Å². The molecular formula is C15H14BrN3O3. The summed E-state index contributed by atoms with van der Waals surface area (Å²) in [5, 5.41) is 2.68. The first-order valence-corrected chi connectivity index (χ1v) is 7.19. The number of hydrogen-bond acceptors (Lipinski definition) is 3. The maximum absolute atomic E-state index is 11.9. The van der Waals surface area contributed by atoms with E-state index in [1.807, 2.05) is 6.07 Å². The number of amides is 1. The smallest absolute Gasteiger partial charge is 0.322 e. The van der Waals surface area contributed by atoms with Gasteiger partial charge < -0.3 is 9.88 Å². The van der Waals surface area contributed by atoms with Gasteiger partial charge >= 0.3 is 5.69 Å². The van der Waals surface area contributed by atoms with Gasteiger partial charge in [0.1, 0.15) is 0 Å². The number of benzene rings is 1. The van der Waals surface area contributed by atoms with Crippen LogP contribution in [0.5, 0.6) is 0 Å². The normalized spacial score (nSPS) is 10.9. The number of anilines is 1. The van der Waals surface area contributed by atoms with Gasteiger partial charge in [-0.15, -0.1) is 0 Å². The Kier molecular flexibility index (Phi) is 4.77. The number of nitrogens with zero attached hydrogens (tertiary/aromatic N) is 2. The average Bonchev–Trinajstić information content (AvgIpc) is 2.47. The fourth-order valence-electron chi connectivity index (χ4n) is 1.87. The van der Waals surface area contributed by atoms with Crippen LogP contribution < -0.4 is 16.6 Å². The van der Waals surface area contributed by atoms with E-state index in [1.54, 1.807) is 25.2 Å². The summed E-state index contributed by atoms with van der Waals surface area (Å²) >= 11 is 3.31. The summed E-state index contributed by atoms with van der Waals surface area (Å²) in [6.45, 7) is 0. The van der Waals surface area contributed by atoms with Gasteiger partial charge in [-0.2, -0.15) is 0 Å². The lowest BCUT2D eigenvalue weighted by Crippen LogP contribution is -2.37. The molecule has 0 radical (unpaired) electrons. The summed E-state index contributed by atoms with van der Waals surface area (Å²) in [5.74, 6) is -0.367. The number of carbonyl (C=O) groups excluding carboxylic acids is 1. The van der Waals surface area contributed by atoms with E-state index in [1.165, 1.54) is 30.0 Å². The molecule has 7 heteroatoms. The Morgan fingerprint density at radius 2 is 2.00 bits per heavy atom. The zero-order valence-electron chi connectivity index (χ0n) is 12.0. The fraction of sp³-hybridized carbons (Fsp3) is 0.133. The van der Waals surface area contributed by atoms with Crippen LogP contribution in [0.3, 0.4) is 0 Å². The lowest BCUT2D eigenvalue weighted by Gasteiger charge is -2.04. The van der Waals surface area contributed by atoms with Crippen molar-refractivity contribution >= 4 is 33.6 Å². The van der Waals surface area contributed by atoms with Crippen molar-refractivity contribution in [2.24, 2.45) is 14.1 Å². The van der Waals surface area contributed by atoms with Crippen molar-refractivity contribution in [3.63, 3.8) is 0 Å². The molecule has 0 atom stereocenters. The van der Waals surface area contributed by atoms with E-state index >= 15 is 0 Å². The first-order valence-electron chi connectivity index (χ1n) is 6.40. The minimum absolute atomic E-state index is 0.258. The fourth-order valence-corrected chi connectivity index (χ4v) is 2.27. The van der Waals surface area contributed by atoms with E-state index in [4.69, 9.17) is 0 Å². The predicted octanol–water partition coefficient (Wildman–Crippen LogP) is 1.50. The summed E-state index contributed by atoms with van der Waals surface area (Å²) in [6.07, 6.45) is 4.03. The van der Waals surface area contributed by atoms with E-state index in [0.29, 0.717) is 5.69 Å². The van der Waals surface area contributed by atoms with Gasteiger partial charge in [0.25, 0.3) is 5.56 Å². The monoisotopic (exact) mass is 363 g/mol. The lowest BCUT2D eigenvalue weighted by molar-refractivity contribution is -0.111. The lowest BCUT2D eigenvalue weighted by atomic mass is 10.3. The van der Waals surface area contributed by atoms with Crippen LogP contribution in [0.1, 0.15) is 5.56 Å². The molecule has 1 amide bonds. The Labute approximate surface area is 134 Å².